The quantitative estimate of drug-likeness (QED) is 0.864. The van der Waals surface area contributed by atoms with Crippen LogP contribution in [0.4, 0.5) is 5.69 Å². The Kier molecular flexibility index (Phi) is 3.41. The molecule has 120 valence electrons. The summed E-state index contributed by atoms with van der Waals surface area (Å²) in [5.74, 6) is -0.381. The van der Waals surface area contributed by atoms with E-state index in [0.717, 1.165) is 24.2 Å². The van der Waals surface area contributed by atoms with Crippen LogP contribution in [-0.4, -0.2) is 29.2 Å². The number of benzene rings is 1. The molecule has 4 rings (SSSR count). The van der Waals surface area contributed by atoms with Crippen LogP contribution >= 0.6 is 11.6 Å². The van der Waals surface area contributed by atoms with Crippen molar-refractivity contribution in [2.45, 2.75) is 19.3 Å². The molecule has 3 amide bonds. The Morgan fingerprint density at radius 3 is 2.43 bits per heavy atom. The Hall–Kier alpha value is -1.88. The molecule has 1 saturated heterocycles. The molecule has 4 atom stereocenters. The molecule has 5 nitrogen and oxygen atoms in total. The lowest BCUT2D eigenvalue weighted by atomic mass is 9.81. The number of amides is 3. The van der Waals surface area contributed by atoms with Gasteiger partial charge in [-0.3, -0.25) is 19.3 Å². The van der Waals surface area contributed by atoms with Crippen molar-refractivity contribution in [1.29, 1.82) is 0 Å². The first kappa shape index (κ1) is 14.7. The molecule has 6 heteroatoms. The molecule has 3 aliphatic rings. The van der Waals surface area contributed by atoms with Gasteiger partial charge in [0.2, 0.25) is 17.7 Å². The van der Waals surface area contributed by atoms with E-state index in [2.05, 4.69) is 5.32 Å². The Morgan fingerprint density at radius 2 is 1.83 bits per heavy atom. The van der Waals surface area contributed by atoms with Crippen LogP contribution in [0.5, 0.6) is 0 Å². The molecule has 1 heterocycles. The van der Waals surface area contributed by atoms with Gasteiger partial charge in [0.25, 0.3) is 0 Å². The Morgan fingerprint density at radius 1 is 1.17 bits per heavy atom. The highest BCUT2D eigenvalue weighted by Gasteiger charge is 2.60. The number of carbonyl (C=O) groups excluding carboxylic acids is 3. The third kappa shape index (κ3) is 2.34. The number of halogens is 1. The van der Waals surface area contributed by atoms with Crippen LogP contribution in [0.2, 0.25) is 5.02 Å². The molecule has 2 aliphatic carbocycles. The molecule has 3 fully saturated rings. The van der Waals surface area contributed by atoms with Gasteiger partial charge in [0.05, 0.1) is 11.8 Å². The highest BCUT2D eigenvalue weighted by molar-refractivity contribution is 6.30. The molecular weight excluding hydrogens is 316 g/mol. The summed E-state index contributed by atoms with van der Waals surface area (Å²) >= 11 is 5.88. The standard InChI is InChI=1S/C17H17ClN2O3/c18-11-2-1-3-12(7-11)19-13(21)8-20-16(22)14-9-4-5-10(6-9)15(14)17(20)23/h1-3,7,9-10,14-15H,4-6,8H2,(H,19,21)/t9-,10-,14-,15-/m0/s1. The molecule has 2 bridgehead atoms. The number of imide groups is 1. The first-order valence-corrected chi connectivity index (χ1v) is 8.33. The van der Waals surface area contributed by atoms with Gasteiger partial charge in [-0.05, 0) is 49.3 Å². The van der Waals surface area contributed by atoms with Crippen LogP contribution in [0.3, 0.4) is 0 Å². The normalized spacial score (nSPS) is 31.6. The minimum atomic E-state index is -0.374. The van der Waals surface area contributed by atoms with Crippen molar-refractivity contribution in [1.82, 2.24) is 4.90 Å². The Labute approximate surface area is 139 Å². The predicted molar refractivity (Wildman–Crippen MR) is 84.6 cm³/mol. The van der Waals surface area contributed by atoms with Crippen molar-refractivity contribution >= 4 is 35.0 Å². The second kappa shape index (κ2) is 5.34. The molecule has 1 aromatic carbocycles. The maximum absolute atomic E-state index is 12.5. The van der Waals surface area contributed by atoms with Crippen molar-refractivity contribution in [3.05, 3.63) is 29.3 Å². The molecule has 1 aromatic rings. The summed E-state index contributed by atoms with van der Waals surface area (Å²) in [6, 6.07) is 6.78. The number of rotatable bonds is 3. The summed E-state index contributed by atoms with van der Waals surface area (Å²) in [7, 11) is 0. The van der Waals surface area contributed by atoms with Crippen LogP contribution in [0.1, 0.15) is 19.3 Å². The van der Waals surface area contributed by atoms with Crippen molar-refractivity contribution in [2.24, 2.45) is 23.7 Å². The highest BCUT2D eigenvalue weighted by Crippen LogP contribution is 2.56. The summed E-state index contributed by atoms with van der Waals surface area (Å²) < 4.78 is 0. The summed E-state index contributed by atoms with van der Waals surface area (Å²) in [6.45, 7) is -0.212. The van der Waals surface area contributed by atoms with Gasteiger partial charge in [0.15, 0.2) is 0 Å². The topological polar surface area (TPSA) is 66.5 Å². The minimum Gasteiger partial charge on any atom is -0.324 e. The Balaban J connectivity index is 1.46. The van der Waals surface area contributed by atoms with Crippen molar-refractivity contribution in [3.8, 4) is 0 Å². The zero-order valence-corrected chi connectivity index (χ0v) is 13.3. The minimum absolute atomic E-state index is 0.159. The van der Waals surface area contributed by atoms with E-state index in [9.17, 15) is 14.4 Å². The number of nitrogens with zero attached hydrogens (tertiary/aromatic N) is 1. The van der Waals surface area contributed by atoms with E-state index in [1.807, 2.05) is 0 Å². The summed E-state index contributed by atoms with van der Waals surface area (Å²) in [4.78, 5) is 38.4. The summed E-state index contributed by atoms with van der Waals surface area (Å²) in [5.41, 5.74) is 0.557. The van der Waals surface area contributed by atoms with E-state index >= 15 is 0 Å². The molecule has 0 radical (unpaired) electrons. The highest BCUT2D eigenvalue weighted by atomic mass is 35.5. The van der Waals surface area contributed by atoms with E-state index in [0.29, 0.717) is 22.5 Å². The largest absolute Gasteiger partial charge is 0.324 e. The number of carbonyl (C=O) groups is 3. The lowest BCUT2D eigenvalue weighted by Gasteiger charge is -2.19. The number of fused-ring (bicyclic) bond motifs is 5. The predicted octanol–water partition coefficient (Wildman–Crippen LogP) is 2.31. The number of hydrogen-bond donors (Lipinski definition) is 1. The number of anilines is 1. The zero-order chi connectivity index (χ0) is 16.1. The van der Waals surface area contributed by atoms with Gasteiger partial charge in [-0.25, -0.2) is 0 Å². The van der Waals surface area contributed by atoms with E-state index in [1.54, 1.807) is 24.3 Å². The van der Waals surface area contributed by atoms with Gasteiger partial charge in [-0.15, -0.1) is 0 Å². The second-order valence-electron chi connectivity index (χ2n) is 6.71. The maximum atomic E-state index is 12.5. The fraction of sp³-hybridized carbons (Fsp3) is 0.471. The lowest BCUT2D eigenvalue weighted by molar-refractivity contribution is -0.143. The molecule has 0 aromatic heterocycles. The van der Waals surface area contributed by atoms with E-state index in [4.69, 9.17) is 11.6 Å². The third-order valence-corrected chi connectivity index (χ3v) is 5.66. The summed E-state index contributed by atoms with van der Waals surface area (Å²) in [5, 5.41) is 3.20. The Bertz CT molecular complexity index is 677. The van der Waals surface area contributed by atoms with Gasteiger partial charge in [-0.2, -0.15) is 0 Å². The van der Waals surface area contributed by atoms with Crippen LogP contribution in [0.25, 0.3) is 0 Å². The third-order valence-electron chi connectivity index (χ3n) is 5.43. The first-order valence-electron chi connectivity index (χ1n) is 7.95. The first-order chi connectivity index (χ1) is 11.0. The fourth-order valence-electron chi connectivity index (χ4n) is 4.54. The van der Waals surface area contributed by atoms with Crippen molar-refractivity contribution in [3.63, 3.8) is 0 Å². The van der Waals surface area contributed by atoms with Gasteiger partial charge in [0.1, 0.15) is 6.54 Å². The maximum Gasteiger partial charge on any atom is 0.244 e. The summed E-state index contributed by atoms with van der Waals surface area (Å²) in [6.07, 6.45) is 3.07. The number of likely N-dealkylation sites (tertiary alicyclic amines) is 1. The monoisotopic (exact) mass is 332 g/mol. The van der Waals surface area contributed by atoms with Crippen LogP contribution in [-0.2, 0) is 14.4 Å². The molecule has 1 aliphatic heterocycles. The fourth-order valence-corrected chi connectivity index (χ4v) is 4.73. The van der Waals surface area contributed by atoms with E-state index in [1.165, 1.54) is 0 Å². The molecule has 0 unspecified atom stereocenters. The molecular formula is C17H17ClN2O3. The number of hydrogen-bond acceptors (Lipinski definition) is 3. The smallest absolute Gasteiger partial charge is 0.244 e. The molecule has 23 heavy (non-hydrogen) atoms. The van der Waals surface area contributed by atoms with Crippen LogP contribution in [0.15, 0.2) is 24.3 Å². The van der Waals surface area contributed by atoms with E-state index < -0.39 is 0 Å². The lowest BCUT2D eigenvalue weighted by Crippen LogP contribution is -2.39. The molecule has 2 saturated carbocycles. The number of nitrogens with one attached hydrogen (secondary N) is 1. The zero-order valence-electron chi connectivity index (χ0n) is 12.5. The SMILES string of the molecule is O=C(CN1C(=O)[C@H]2[C@H]3CC[C@@H](C3)[C@@H]2C1=O)Nc1cccc(Cl)c1. The van der Waals surface area contributed by atoms with Gasteiger partial charge in [0, 0.05) is 10.7 Å². The van der Waals surface area contributed by atoms with Crippen LogP contribution in [0, 0.1) is 23.7 Å². The second-order valence-corrected chi connectivity index (χ2v) is 7.14. The van der Waals surface area contributed by atoms with Gasteiger partial charge in [-0.1, -0.05) is 17.7 Å². The van der Waals surface area contributed by atoms with Gasteiger partial charge >= 0.3 is 0 Å². The van der Waals surface area contributed by atoms with Gasteiger partial charge < -0.3 is 5.32 Å². The average Bonchev–Trinajstić information content (AvgIpc) is 3.17. The van der Waals surface area contributed by atoms with E-state index in [-0.39, 0.29) is 36.1 Å². The van der Waals surface area contributed by atoms with Crippen LogP contribution < -0.4 is 5.32 Å². The molecule has 0 spiro atoms. The molecule has 1 N–H and O–H groups in total. The van der Waals surface area contributed by atoms with Crippen molar-refractivity contribution in [2.75, 3.05) is 11.9 Å². The average molecular weight is 333 g/mol. The van der Waals surface area contributed by atoms with Crippen molar-refractivity contribution < 1.29 is 14.4 Å².